The Morgan fingerprint density at radius 3 is 2.39 bits per heavy atom. The Kier molecular flexibility index (Phi) is 2.14. The van der Waals surface area contributed by atoms with E-state index < -0.39 is 11.6 Å². The first-order valence-corrected chi connectivity index (χ1v) is 6.87. The summed E-state index contributed by atoms with van der Waals surface area (Å²) in [5.74, 6) is 2.54. The van der Waals surface area contributed by atoms with Crippen LogP contribution in [0.25, 0.3) is 0 Å². The van der Waals surface area contributed by atoms with Crippen molar-refractivity contribution in [2.75, 3.05) is 0 Å². The molecule has 5 atom stereocenters. The minimum atomic E-state index is -0.528. The van der Waals surface area contributed by atoms with E-state index in [0.29, 0.717) is 11.5 Å². The van der Waals surface area contributed by atoms with E-state index in [9.17, 15) is 8.78 Å². The molecule has 0 aliphatic heterocycles. The van der Waals surface area contributed by atoms with Crippen LogP contribution in [0.5, 0.6) is 0 Å². The summed E-state index contributed by atoms with van der Waals surface area (Å²) < 4.78 is 26.7. The third kappa shape index (κ3) is 1.34. The fraction of sp³-hybridized carbons (Fsp3) is 0.600. The van der Waals surface area contributed by atoms with Crippen molar-refractivity contribution in [2.45, 2.75) is 25.3 Å². The Balaban J connectivity index is 1.60. The summed E-state index contributed by atoms with van der Waals surface area (Å²) in [6.07, 6.45) is 4.03. The number of rotatable bonds is 2. The Morgan fingerprint density at radius 2 is 1.78 bits per heavy atom. The fourth-order valence-corrected chi connectivity index (χ4v) is 4.85. The van der Waals surface area contributed by atoms with E-state index in [1.165, 1.54) is 31.4 Å². The second-order valence-electron chi connectivity index (χ2n) is 6.26. The van der Waals surface area contributed by atoms with Crippen molar-refractivity contribution in [3.8, 4) is 0 Å². The van der Waals surface area contributed by atoms with Crippen LogP contribution in [0.2, 0.25) is 0 Å². The number of nitrogens with two attached hydrogens (primary N) is 1. The number of benzene rings is 1. The normalized spacial score (nSPS) is 41.8. The van der Waals surface area contributed by atoms with Gasteiger partial charge in [0.1, 0.15) is 11.6 Å². The van der Waals surface area contributed by atoms with Crippen molar-refractivity contribution < 1.29 is 8.78 Å². The summed E-state index contributed by atoms with van der Waals surface area (Å²) in [5, 5.41) is 0. The van der Waals surface area contributed by atoms with E-state index in [1.807, 2.05) is 0 Å². The molecule has 3 saturated carbocycles. The molecule has 2 bridgehead atoms. The molecule has 0 heterocycles. The average Bonchev–Trinajstić information content (AvgIpc) is 2.77. The highest BCUT2D eigenvalue weighted by Crippen LogP contribution is 2.71. The highest BCUT2D eigenvalue weighted by atomic mass is 19.1. The van der Waals surface area contributed by atoms with Gasteiger partial charge in [0.15, 0.2) is 0 Å². The quantitative estimate of drug-likeness (QED) is 0.855. The smallest absolute Gasteiger partial charge is 0.130 e. The van der Waals surface area contributed by atoms with Crippen molar-refractivity contribution in [3.05, 3.63) is 35.4 Å². The van der Waals surface area contributed by atoms with Gasteiger partial charge in [0.2, 0.25) is 0 Å². The summed E-state index contributed by atoms with van der Waals surface area (Å²) in [7, 11) is 0. The van der Waals surface area contributed by atoms with Crippen molar-refractivity contribution >= 4 is 0 Å². The van der Waals surface area contributed by atoms with E-state index in [-0.39, 0.29) is 6.04 Å². The summed E-state index contributed by atoms with van der Waals surface area (Å²) >= 11 is 0. The number of hydrogen-bond acceptors (Lipinski definition) is 1. The molecule has 18 heavy (non-hydrogen) atoms. The first kappa shape index (κ1) is 10.9. The van der Waals surface area contributed by atoms with Crippen LogP contribution in [0.15, 0.2) is 18.2 Å². The lowest BCUT2D eigenvalue weighted by atomic mass is 9.93. The van der Waals surface area contributed by atoms with Gasteiger partial charge in [0.05, 0.1) is 0 Å². The Morgan fingerprint density at radius 1 is 1.11 bits per heavy atom. The maximum absolute atomic E-state index is 13.8. The first-order valence-electron chi connectivity index (χ1n) is 6.87. The van der Waals surface area contributed by atoms with Crippen LogP contribution in [0.1, 0.15) is 30.9 Å². The molecule has 4 rings (SSSR count). The summed E-state index contributed by atoms with van der Waals surface area (Å²) in [6, 6.07) is 3.53. The molecule has 0 aromatic heterocycles. The molecule has 0 saturated heterocycles. The predicted molar refractivity (Wildman–Crippen MR) is 64.6 cm³/mol. The Hall–Kier alpha value is -0.960. The molecule has 1 aromatic rings. The van der Waals surface area contributed by atoms with Crippen LogP contribution < -0.4 is 5.73 Å². The van der Waals surface area contributed by atoms with Crippen molar-refractivity contribution in [3.63, 3.8) is 0 Å². The SMILES string of the molecule is NC(c1ccc(F)cc1F)C1C2C3CCC(C3)C21. The molecule has 96 valence electrons. The van der Waals surface area contributed by atoms with Gasteiger partial charge in [-0.15, -0.1) is 0 Å². The van der Waals surface area contributed by atoms with Crippen LogP contribution in [-0.4, -0.2) is 0 Å². The molecule has 2 N–H and O–H groups in total. The molecule has 0 radical (unpaired) electrons. The van der Waals surface area contributed by atoms with Gasteiger partial charge in [0, 0.05) is 17.7 Å². The molecular formula is C15H17F2N. The molecule has 3 aliphatic carbocycles. The van der Waals surface area contributed by atoms with Crippen LogP contribution in [0.3, 0.4) is 0 Å². The third-order valence-corrected chi connectivity index (χ3v) is 5.53. The van der Waals surface area contributed by atoms with E-state index in [2.05, 4.69) is 0 Å². The van der Waals surface area contributed by atoms with Gasteiger partial charge in [-0.1, -0.05) is 6.07 Å². The average molecular weight is 249 g/mol. The summed E-state index contributed by atoms with van der Waals surface area (Å²) in [5.41, 5.74) is 6.73. The van der Waals surface area contributed by atoms with Gasteiger partial charge in [-0.2, -0.15) is 0 Å². The van der Waals surface area contributed by atoms with Gasteiger partial charge in [-0.05, 0) is 54.9 Å². The van der Waals surface area contributed by atoms with Crippen LogP contribution in [0, 0.1) is 41.2 Å². The lowest BCUT2D eigenvalue weighted by Gasteiger charge is -2.17. The first-order chi connectivity index (χ1) is 8.66. The summed E-state index contributed by atoms with van der Waals surface area (Å²) in [4.78, 5) is 0. The minimum absolute atomic E-state index is 0.246. The predicted octanol–water partition coefficient (Wildman–Crippen LogP) is 3.26. The number of fused-ring (bicyclic) bond motifs is 5. The molecule has 1 aromatic carbocycles. The third-order valence-electron chi connectivity index (χ3n) is 5.53. The van der Waals surface area contributed by atoms with Gasteiger partial charge >= 0.3 is 0 Å². The molecular weight excluding hydrogens is 232 g/mol. The molecule has 0 spiro atoms. The molecule has 3 fully saturated rings. The standard InChI is InChI=1S/C15H17F2N/c16-9-3-4-10(11(17)6-9)15(18)14-12-7-1-2-8(5-7)13(12)14/h3-4,6-8,12-15H,1-2,5,18H2. The van der Waals surface area contributed by atoms with Gasteiger partial charge in [0.25, 0.3) is 0 Å². The van der Waals surface area contributed by atoms with Crippen LogP contribution >= 0.6 is 0 Å². The molecule has 3 aliphatic rings. The van der Waals surface area contributed by atoms with E-state index in [4.69, 9.17) is 5.73 Å². The van der Waals surface area contributed by atoms with Crippen molar-refractivity contribution in [1.29, 1.82) is 0 Å². The second kappa shape index (κ2) is 3.53. The zero-order chi connectivity index (χ0) is 12.4. The molecule has 3 heteroatoms. The maximum Gasteiger partial charge on any atom is 0.130 e. The van der Waals surface area contributed by atoms with Gasteiger partial charge in [-0.3, -0.25) is 0 Å². The lowest BCUT2D eigenvalue weighted by Crippen LogP contribution is -2.18. The molecule has 1 nitrogen and oxygen atoms in total. The highest BCUT2D eigenvalue weighted by Gasteiger charge is 2.66. The lowest BCUT2D eigenvalue weighted by molar-refractivity contribution is 0.409. The maximum atomic E-state index is 13.8. The zero-order valence-corrected chi connectivity index (χ0v) is 10.2. The molecule has 0 amide bonds. The number of halogens is 2. The fourth-order valence-electron chi connectivity index (χ4n) is 4.85. The zero-order valence-electron chi connectivity index (χ0n) is 10.2. The largest absolute Gasteiger partial charge is 0.324 e. The topological polar surface area (TPSA) is 26.0 Å². The van der Waals surface area contributed by atoms with E-state index in [0.717, 1.165) is 29.7 Å². The van der Waals surface area contributed by atoms with Gasteiger partial charge in [-0.25, -0.2) is 8.78 Å². The van der Waals surface area contributed by atoms with E-state index >= 15 is 0 Å². The highest BCUT2D eigenvalue weighted by molar-refractivity contribution is 5.27. The second-order valence-corrected chi connectivity index (χ2v) is 6.26. The van der Waals surface area contributed by atoms with E-state index in [1.54, 1.807) is 0 Å². The van der Waals surface area contributed by atoms with Crippen LogP contribution in [0.4, 0.5) is 8.78 Å². The van der Waals surface area contributed by atoms with Crippen LogP contribution in [-0.2, 0) is 0 Å². The Labute approximate surface area is 105 Å². The summed E-state index contributed by atoms with van der Waals surface area (Å²) in [6.45, 7) is 0. The van der Waals surface area contributed by atoms with Crippen molar-refractivity contribution in [2.24, 2.45) is 35.3 Å². The van der Waals surface area contributed by atoms with Crippen molar-refractivity contribution in [1.82, 2.24) is 0 Å². The number of hydrogen-bond donors (Lipinski definition) is 1. The van der Waals surface area contributed by atoms with Gasteiger partial charge < -0.3 is 5.73 Å². The monoisotopic (exact) mass is 249 g/mol. The molecule has 5 unspecified atom stereocenters. The Bertz CT molecular complexity index is 485. The minimum Gasteiger partial charge on any atom is -0.324 e.